The summed E-state index contributed by atoms with van der Waals surface area (Å²) in [5, 5.41) is 0. The molecule has 1 saturated heterocycles. The first-order valence-electron chi connectivity index (χ1n) is 9.20. The first-order valence-corrected chi connectivity index (χ1v) is 9.20. The largest absolute Gasteiger partial charge is 0.299 e. The molecule has 0 unspecified atom stereocenters. The monoisotopic (exact) mass is 325 g/mol. The average molecular weight is 325 g/mol. The molecular formula is C20H27N3O. The van der Waals surface area contributed by atoms with Gasteiger partial charge in [-0.05, 0) is 45.1 Å². The van der Waals surface area contributed by atoms with E-state index in [9.17, 15) is 4.79 Å². The number of hydrogen-bond donors (Lipinski definition) is 0. The molecule has 2 aliphatic heterocycles. The van der Waals surface area contributed by atoms with Crippen LogP contribution in [0.25, 0.3) is 0 Å². The van der Waals surface area contributed by atoms with Crippen molar-refractivity contribution in [2.24, 2.45) is 16.8 Å². The lowest BCUT2D eigenvalue weighted by Gasteiger charge is -2.28. The molecule has 128 valence electrons. The van der Waals surface area contributed by atoms with Gasteiger partial charge in [-0.2, -0.15) is 0 Å². The van der Waals surface area contributed by atoms with Crippen LogP contribution in [0.15, 0.2) is 29.3 Å². The number of likely N-dealkylation sites (N-methyl/N-ethyl adjacent to an activating group) is 1. The molecule has 24 heavy (non-hydrogen) atoms. The molecule has 1 aromatic rings. The van der Waals surface area contributed by atoms with Crippen LogP contribution in [0.4, 0.5) is 0 Å². The maximum Gasteiger partial charge on any atom is 0.256 e. The number of fused-ring (bicyclic) bond motifs is 2. The van der Waals surface area contributed by atoms with Crippen LogP contribution in [0.5, 0.6) is 0 Å². The predicted octanol–water partition coefficient (Wildman–Crippen LogP) is 2.86. The van der Waals surface area contributed by atoms with Gasteiger partial charge in [-0.15, -0.1) is 0 Å². The average Bonchev–Trinajstić information content (AvgIpc) is 3.15. The predicted molar refractivity (Wildman–Crippen MR) is 95.9 cm³/mol. The molecule has 2 heterocycles. The van der Waals surface area contributed by atoms with Crippen molar-refractivity contribution >= 4 is 11.7 Å². The molecule has 1 aromatic carbocycles. The van der Waals surface area contributed by atoms with Crippen LogP contribution >= 0.6 is 0 Å². The van der Waals surface area contributed by atoms with E-state index < -0.39 is 5.54 Å². The molecule has 4 nitrogen and oxygen atoms in total. The molecule has 4 rings (SSSR count). The van der Waals surface area contributed by atoms with Crippen molar-refractivity contribution in [3.05, 3.63) is 35.4 Å². The Morgan fingerprint density at radius 1 is 1.29 bits per heavy atom. The number of benzene rings is 1. The van der Waals surface area contributed by atoms with E-state index in [0.717, 1.165) is 44.9 Å². The molecule has 1 spiro atoms. The van der Waals surface area contributed by atoms with Gasteiger partial charge in [0.25, 0.3) is 5.91 Å². The van der Waals surface area contributed by atoms with Crippen molar-refractivity contribution in [3.63, 3.8) is 0 Å². The van der Waals surface area contributed by atoms with Crippen molar-refractivity contribution in [2.45, 2.75) is 45.7 Å². The summed E-state index contributed by atoms with van der Waals surface area (Å²) in [5.41, 5.74) is 2.23. The second-order valence-corrected chi connectivity index (χ2v) is 7.72. The normalized spacial score (nSPS) is 32.7. The van der Waals surface area contributed by atoms with Crippen LogP contribution in [0, 0.1) is 18.8 Å². The Morgan fingerprint density at radius 2 is 2.12 bits per heavy atom. The summed E-state index contributed by atoms with van der Waals surface area (Å²) in [6, 6.07) is 8.76. The Bertz CT molecular complexity index is 698. The fourth-order valence-electron chi connectivity index (χ4n) is 5.14. The molecular weight excluding hydrogens is 298 g/mol. The Hall–Kier alpha value is -1.68. The van der Waals surface area contributed by atoms with E-state index in [2.05, 4.69) is 36.1 Å². The number of rotatable bonds is 3. The lowest BCUT2D eigenvalue weighted by Crippen LogP contribution is -2.46. The number of hydrogen-bond acceptors (Lipinski definition) is 3. The zero-order valence-corrected chi connectivity index (χ0v) is 15.0. The third-order valence-electron chi connectivity index (χ3n) is 6.20. The van der Waals surface area contributed by atoms with Gasteiger partial charge in [0.1, 0.15) is 11.4 Å². The van der Waals surface area contributed by atoms with Gasteiger partial charge in [-0.25, -0.2) is 0 Å². The number of aliphatic imine (C=N–C) groups is 1. The SMILES string of the molecule is CCN1C(=O)[C@]2(CC[C@@H]3CN(Cc4cccc(C)c4)C[C@@H]32)N=C1C. The van der Waals surface area contributed by atoms with Crippen molar-refractivity contribution in [3.8, 4) is 0 Å². The molecule has 2 fully saturated rings. The minimum atomic E-state index is -0.452. The second kappa shape index (κ2) is 5.69. The smallest absolute Gasteiger partial charge is 0.256 e. The van der Waals surface area contributed by atoms with Crippen LogP contribution in [-0.2, 0) is 11.3 Å². The maximum absolute atomic E-state index is 13.0. The third-order valence-corrected chi connectivity index (χ3v) is 6.20. The van der Waals surface area contributed by atoms with E-state index in [-0.39, 0.29) is 5.91 Å². The quantitative estimate of drug-likeness (QED) is 0.857. The fourth-order valence-corrected chi connectivity index (χ4v) is 5.14. The summed E-state index contributed by atoms with van der Waals surface area (Å²) in [4.78, 5) is 22.3. The molecule has 1 saturated carbocycles. The van der Waals surface area contributed by atoms with E-state index in [1.807, 2.05) is 18.7 Å². The summed E-state index contributed by atoms with van der Waals surface area (Å²) < 4.78 is 0. The van der Waals surface area contributed by atoms with E-state index >= 15 is 0 Å². The third kappa shape index (κ3) is 2.31. The van der Waals surface area contributed by atoms with E-state index in [0.29, 0.717) is 11.8 Å². The number of carbonyl (C=O) groups excluding carboxylic acids is 1. The maximum atomic E-state index is 13.0. The lowest BCUT2D eigenvalue weighted by atomic mass is 9.85. The van der Waals surface area contributed by atoms with Crippen LogP contribution in [0.1, 0.15) is 37.8 Å². The summed E-state index contributed by atoms with van der Waals surface area (Å²) in [7, 11) is 0. The zero-order valence-electron chi connectivity index (χ0n) is 15.0. The first-order chi connectivity index (χ1) is 11.5. The summed E-state index contributed by atoms with van der Waals surface area (Å²) in [5.74, 6) is 2.18. The number of amidine groups is 1. The van der Waals surface area contributed by atoms with Gasteiger partial charge in [-0.1, -0.05) is 29.8 Å². The van der Waals surface area contributed by atoms with Gasteiger partial charge in [0, 0.05) is 32.1 Å². The van der Waals surface area contributed by atoms with Gasteiger partial charge < -0.3 is 0 Å². The van der Waals surface area contributed by atoms with Gasteiger partial charge >= 0.3 is 0 Å². The van der Waals surface area contributed by atoms with E-state index in [1.54, 1.807) is 0 Å². The molecule has 1 aliphatic carbocycles. The van der Waals surface area contributed by atoms with E-state index in [4.69, 9.17) is 4.99 Å². The Labute approximate surface area is 144 Å². The van der Waals surface area contributed by atoms with Gasteiger partial charge in [0.2, 0.25) is 0 Å². The van der Waals surface area contributed by atoms with Crippen LogP contribution in [0.2, 0.25) is 0 Å². The van der Waals surface area contributed by atoms with Crippen molar-refractivity contribution in [1.29, 1.82) is 0 Å². The number of nitrogens with zero attached hydrogens (tertiary/aromatic N) is 3. The Balaban J connectivity index is 1.53. The molecule has 1 amide bonds. The highest BCUT2D eigenvalue weighted by Crippen LogP contribution is 2.50. The number of carbonyl (C=O) groups is 1. The Kier molecular flexibility index (Phi) is 3.75. The zero-order chi connectivity index (χ0) is 16.9. The standard InChI is InChI=1S/C20H27N3O/c1-4-23-15(3)21-20(19(23)24)9-8-17-12-22(13-18(17)20)11-16-7-5-6-14(2)10-16/h5-7,10,17-18H,4,8-9,11-13H2,1-3H3/t17-,18+,20-/m1/s1. The van der Waals surface area contributed by atoms with Crippen molar-refractivity contribution in [1.82, 2.24) is 9.80 Å². The van der Waals surface area contributed by atoms with Gasteiger partial charge in [0.05, 0.1) is 0 Å². The first kappa shape index (κ1) is 15.8. The number of amides is 1. The minimum absolute atomic E-state index is 0.257. The number of aryl methyl sites for hydroxylation is 1. The van der Waals surface area contributed by atoms with Crippen LogP contribution < -0.4 is 0 Å². The molecule has 3 atom stereocenters. The summed E-state index contributed by atoms with van der Waals surface area (Å²) in [6.45, 7) is 10.0. The summed E-state index contributed by atoms with van der Waals surface area (Å²) in [6.07, 6.45) is 2.07. The second-order valence-electron chi connectivity index (χ2n) is 7.72. The molecule has 0 radical (unpaired) electrons. The Morgan fingerprint density at radius 3 is 2.83 bits per heavy atom. The summed E-state index contributed by atoms with van der Waals surface area (Å²) >= 11 is 0. The van der Waals surface area contributed by atoms with Crippen LogP contribution in [0.3, 0.4) is 0 Å². The highest BCUT2D eigenvalue weighted by atomic mass is 16.2. The van der Waals surface area contributed by atoms with Gasteiger partial charge in [-0.3, -0.25) is 19.6 Å². The van der Waals surface area contributed by atoms with Crippen molar-refractivity contribution in [2.75, 3.05) is 19.6 Å². The van der Waals surface area contributed by atoms with E-state index in [1.165, 1.54) is 11.1 Å². The van der Waals surface area contributed by atoms with Crippen molar-refractivity contribution < 1.29 is 4.79 Å². The van der Waals surface area contributed by atoms with Gasteiger partial charge in [0.15, 0.2) is 0 Å². The molecule has 3 aliphatic rings. The fraction of sp³-hybridized carbons (Fsp3) is 0.600. The molecule has 0 N–H and O–H groups in total. The molecule has 0 bridgehead atoms. The number of likely N-dealkylation sites (tertiary alicyclic amines) is 1. The topological polar surface area (TPSA) is 35.9 Å². The highest BCUT2D eigenvalue weighted by molar-refractivity contribution is 6.07. The lowest BCUT2D eigenvalue weighted by molar-refractivity contribution is -0.132. The minimum Gasteiger partial charge on any atom is -0.299 e. The molecule has 0 aromatic heterocycles. The molecule has 4 heteroatoms. The highest BCUT2D eigenvalue weighted by Gasteiger charge is 2.60. The van der Waals surface area contributed by atoms with Crippen LogP contribution in [-0.4, -0.2) is 46.7 Å².